The highest BCUT2D eigenvalue weighted by molar-refractivity contribution is 9.10. The third-order valence-electron chi connectivity index (χ3n) is 4.82. The van der Waals surface area contributed by atoms with E-state index in [1.54, 1.807) is 0 Å². The minimum absolute atomic E-state index is 0.686. The Balaban J connectivity index is 1.67. The lowest BCUT2D eigenvalue weighted by Crippen LogP contribution is -2.45. The van der Waals surface area contributed by atoms with Crippen molar-refractivity contribution in [3.05, 3.63) is 15.9 Å². The standard InChI is InChI=1S/C16H27BrN4/c1-3-14-16(17)15(20(2)19-14)11-21-9-5-4-6-13(21)10-18-12-7-8-12/h12-13,18H,3-11H2,1-2H3. The van der Waals surface area contributed by atoms with Gasteiger partial charge in [-0.3, -0.25) is 9.58 Å². The summed E-state index contributed by atoms with van der Waals surface area (Å²) in [5.41, 5.74) is 2.50. The van der Waals surface area contributed by atoms with Gasteiger partial charge >= 0.3 is 0 Å². The van der Waals surface area contributed by atoms with E-state index in [0.717, 1.165) is 25.6 Å². The third-order valence-corrected chi connectivity index (χ3v) is 5.74. The van der Waals surface area contributed by atoms with E-state index in [1.807, 2.05) is 0 Å². The van der Waals surface area contributed by atoms with Gasteiger partial charge in [-0.2, -0.15) is 5.10 Å². The SMILES string of the molecule is CCc1nn(C)c(CN2CCCCC2CNC2CC2)c1Br. The summed E-state index contributed by atoms with van der Waals surface area (Å²) in [6.45, 7) is 5.55. The maximum atomic E-state index is 4.63. The van der Waals surface area contributed by atoms with Crippen molar-refractivity contribution in [3.8, 4) is 0 Å². The molecule has 2 fully saturated rings. The van der Waals surface area contributed by atoms with Crippen LogP contribution in [-0.4, -0.2) is 39.9 Å². The summed E-state index contributed by atoms with van der Waals surface area (Å²) in [4.78, 5) is 2.65. The predicted molar refractivity (Wildman–Crippen MR) is 89.4 cm³/mol. The fourth-order valence-corrected chi connectivity index (χ4v) is 4.02. The van der Waals surface area contributed by atoms with Crippen molar-refractivity contribution in [1.29, 1.82) is 0 Å². The van der Waals surface area contributed by atoms with Crippen LogP contribution in [0.2, 0.25) is 0 Å². The van der Waals surface area contributed by atoms with Crippen LogP contribution >= 0.6 is 15.9 Å². The minimum atomic E-state index is 0.686. The molecule has 1 atom stereocenters. The largest absolute Gasteiger partial charge is 0.312 e. The summed E-state index contributed by atoms with van der Waals surface area (Å²) < 4.78 is 3.27. The summed E-state index contributed by atoms with van der Waals surface area (Å²) in [6, 6.07) is 1.50. The van der Waals surface area contributed by atoms with Gasteiger partial charge < -0.3 is 5.32 Å². The zero-order valence-corrected chi connectivity index (χ0v) is 14.8. The minimum Gasteiger partial charge on any atom is -0.312 e. The van der Waals surface area contributed by atoms with Crippen LogP contribution in [0.4, 0.5) is 0 Å². The van der Waals surface area contributed by atoms with E-state index >= 15 is 0 Å². The van der Waals surface area contributed by atoms with Crippen molar-refractivity contribution in [3.63, 3.8) is 0 Å². The van der Waals surface area contributed by atoms with E-state index in [0.29, 0.717) is 6.04 Å². The molecule has 0 aromatic carbocycles. The molecule has 0 amide bonds. The molecule has 1 aromatic rings. The van der Waals surface area contributed by atoms with Gasteiger partial charge in [0.2, 0.25) is 0 Å². The molecule has 4 nitrogen and oxygen atoms in total. The van der Waals surface area contributed by atoms with Crippen LogP contribution in [0.5, 0.6) is 0 Å². The lowest BCUT2D eigenvalue weighted by Gasteiger charge is -2.36. The van der Waals surface area contributed by atoms with E-state index in [4.69, 9.17) is 0 Å². The van der Waals surface area contributed by atoms with Crippen molar-refractivity contribution in [1.82, 2.24) is 20.0 Å². The first-order valence-electron chi connectivity index (χ1n) is 8.36. The molecule has 5 heteroatoms. The Morgan fingerprint density at radius 2 is 2.10 bits per heavy atom. The molecule has 1 saturated carbocycles. The number of rotatable bonds is 6. The molecule has 0 radical (unpaired) electrons. The molecule has 2 aliphatic rings. The molecule has 118 valence electrons. The number of likely N-dealkylation sites (tertiary alicyclic amines) is 1. The summed E-state index contributed by atoms with van der Waals surface area (Å²) in [6.07, 6.45) is 7.77. The Morgan fingerprint density at radius 1 is 1.29 bits per heavy atom. The predicted octanol–water partition coefficient (Wildman–Crippen LogP) is 2.85. The van der Waals surface area contributed by atoms with Crippen LogP contribution < -0.4 is 5.32 Å². The van der Waals surface area contributed by atoms with E-state index in [1.165, 1.54) is 54.5 Å². The number of hydrogen-bond donors (Lipinski definition) is 1. The number of halogens is 1. The Labute approximate surface area is 136 Å². The van der Waals surface area contributed by atoms with Gasteiger partial charge in [0.25, 0.3) is 0 Å². The molecule has 1 N–H and O–H groups in total. The highest BCUT2D eigenvalue weighted by Crippen LogP contribution is 2.26. The van der Waals surface area contributed by atoms with Gasteiger partial charge in [0.15, 0.2) is 0 Å². The first-order chi connectivity index (χ1) is 10.2. The molecule has 0 bridgehead atoms. The number of nitrogens with zero attached hydrogens (tertiary/aromatic N) is 3. The van der Waals surface area contributed by atoms with Gasteiger partial charge in [-0.15, -0.1) is 0 Å². The fourth-order valence-electron chi connectivity index (χ4n) is 3.27. The Hall–Kier alpha value is -0.390. The average Bonchev–Trinajstić information content (AvgIpc) is 3.28. The number of aromatic nitrogens is 2. The monoisotopic (exact) mass is 354 g/mol. The second kappa shape index (κ2) is 6.80. The smallest absolute Gasteiger partial charge is 0.0767 e. The highest BCUT2D eigenvalue weighted by atomic mass is 79.9. The maximum absolute atomic E-state index is 4.63. The lowest BCUT2D eigenvalue weighted by atomic mass is 10.0. The Bertz CT molecular complexity index is 481. The normalized spacial score (nSPS) is 23.7. The van der Waals surface area contributed by atoms with Gasteiger partial charge in [-0.25, -0.2) is 0 Å². The van der Waals surface area contributed by atoms with Crippen LogP contribution in [-0.2, 0) is 20.0 Å². The number of nitrogens with one attached hydrogen (secondary N) is 1. The number of aryl methyl sites for hydroxylation is 2. The average molecular weight is 355 g/mol. The second-order valence-corrected chi connectivity index (χ2v) is 7.28. The second-order valence-electron chi connectivity index (χ2n) is 6.49. The van der Waals surface area contributed by atoms with Gasteiger partial charge in [-0.1, -0.05) is 13.3 Å². The number of hydrogen-bond acceptors (Lipinski definition) is 3. The van der Waals surface area contributed by atoms with Crippen LogP contribution in [0.25, 0.3) is 0 Å². The molecule has 1 aliphatic carbocycles. The highest BCUT2D eigenvalue weighted by Gasteiger charge is 2.27. The van der Waals surface area contributed by atoms with E-state index in [-0.39, 0.29) is 0 Å². The molecule has 21 heavy (non-hydrogen) atoms. The molecular weight excluding hydrogens is 328 g/mol. The summed E-state index contributed by atoms with van der Waals surface area (Å²) in [7, 11) is 2.07. The molecule has 1 saturated heterocycles. The van der Waals surface area contributed by atoms with E-state index < -0.39 is 0 Å². The van der Waals surface area contributed by atoms with Crippen molar-refractivity contribution >= 4 is 15.9 Å². The topological polar surface area (TPSA) is 33.1 Å². The molecule has 1 unspecified atom stereocenters. The third kappa shape index (κ3) is 3.69. The van der Waals surface area contributed by atoms with Gasteiger partial charge in [0.05, 0.1) is 15.9 Å². The van der Waals surface area contributed by atoms with Crippen LogP contribution in [0.3, 0.4) is 0 Å². The summed E-state index contributed by atoms with van der Waals surface area (Å²) in [5.74, 6) is 0. The Kier molecular flexibility index (Phi) is 5.02. The quantitative estimate of drug-likeness (QED) is 0.852. The van der Waals surface area contributed by atoms with E-state index in [9.17, 15) is 0 Å². The molecular formula is C16H27BrN4. The Morgan fingerprint density at radius 3 is 2.76 bits per heavy atom. The van der Waals surface area contributed by atoms with Gasteiger partial charge in [0, 0.05) is 32.2 Å². The van der Waals surface area contributed by atoms with Gasteiger partial charge in [0.1, 0.15) is 0 Å². The maximum Gasteiger partial charge on any atom is 0.0767 e. The van der Waals surface area contributed by atoms with Crippen LogP contribution in [0.1, 0.15) is 50.4 Å². The molecule has 3 rings (SSSR count). The van der Waals surface area contributed by atoms with Crippen molar-refractivity contribution in [2.24, 2.45) is 7.05 Å². The van der Waals surface area contributed by atoms with Crippen molar-refractivity contribution < 1.29 is 0 Å². The first-order valence-corrected chi connectivity index (χ1v) is 9.16. The fraction of sp³-hybridized carbons (Fsp3) is 0.812. The molecule has 1 aromatic heterocycles. The van der Waals surface area contributed by atoms with E-state index in [2.05, 4.69) is 49.9 Å². The number of piperidine rings is 1. The zero-order chi connectivity index (χ0) is 14.8. The van der Waals surface area contributed by atoms with Gasteiger partial charge in [-0.05, 0) is 54.6 Å². The van der Waals surface area contributed by atoms with Crippen molar-refractivity contribution in [2.45, 2.75) is 64.1 Å². The van der Waals surface area contributed by atoms with Crippen LogP contribution in [0, 0.1) is 0 Å². The van der Waals surface area contributed by atoms with Crippen molar-refractivity contribution in [2.75, 3.05) is 13.1 Å². The van der Waals surface area contributed by atoms with Crippen LogP contribution in [0.15, 0.2) is 4.47 Å². The zero-order valence-electron chi connectivity index (χ0n) is 13.2. The summed E-state index contributed by atoms with van der Waals surface area (Å²) in [5, 5.41) is 8.34. The lowest BCUT2D eigenvalue weighted by molar-refractivity contribution is 0.133. The first kappa shape index (κ1) is 15.5. The molecule has 0 spiro atoms. The molecule has 1 aliphatic heterocycles. The summed E-state index contributed by atoms with van der Waals surface area (Å²) >= 11 is 3.76. The molecule has 2 heterocycles.